The molecule has 0 N–H and O–H groups in total. The molecule has 0 radical (unpaired) electrons. The summed E-state index contributed by atoms with van der Waals surface area (Å²) in [6.07, 6.45) is 0.820. The first-order chi connectivity index (χ1) is 14.4. The summed E-state index contributed by atoms with van der Waals surface area (Å²) in [4.78, 5) is 15.3. The number of pyridine rings is 2. The minimum absolute atomic E-state index is 0.0283. The van der Waals surface area contributed by atoms with Gasteiger partial charge in [0.05, 0.1) is 29.6 Å². The van der Waals surface area contributed by atoms with E-state index in [1.807, 2.05) is 23.7 Å². The number of rotatable bonds is 5. The SMILES string of the molecule is C=COc1cc(C(F)(F)F)cnc1C1CCN(Cc2nc3ncccc3n2C)CC1. The Kier molecular flexibility index (Phi) is 5.46. The van der Waals surface area contributed by atoms with Gasteiger partial charge in [0.25, 0.3) is 0 Å². The zero-order chi connectivity index (χ0) is 21.3. The number of halogens is 3. The zero-order valence-corrected chi connectivity index (χ0v) is 16.6. The van der Waals surface area contributed by atoms with E-state index in [-0.39, 0.29) is 11.7 Å². The highest BCUT2D eigenvalue weighted by molar-refractivity contribution is 5.71. The molecule has 1 aliphatic rings. The third kappa shape index (κ3) is 4.02. The van der Waals surface area contributed by atoms with Crippen molar-refractivity contribution in [1.29, 1.82) is 0 Å². The van der Waals surface area contributed by atoms with E-state index in [1.54, 1.807) is 6.20 Å². The minimum atomic E-state index is -4.46. The first-order valence-electron chi connectivity index (χ1n) is 9.70. The van der Waals surface area contributed by atoms with Crippen molar-refractivity contribution in [2.24, 2.45) is 7.05 Å². The Hall–Kier alpha value is -2.94. The number of imidazole rings is 1. The van der Waals surface area contributed by atoms with Crippen molar-refractivity contribution in [3.05, 3.63) is 60.5 Å². The largest absolute Gasteiger partial charge is 0.464 e. The number of piperidine rings is 1. The molecule has 0 amide bonds. The molecule has 1 fully saturated rings. The molecule has 3 aromatic rings. The molecule has 158 valence electrons. The van der Waals surface area contributed by atoms with Gasteiger partial charge in [0.1, 0.15) is 11.6 Å². The molecule has 0 aliphatic carbocycles. The Bertz CT molecular complexity index is 1050. The van der Waals surface area contributed by atoms with E-state index in [1.165, 1.54) is 0 Å². The van der Waals surface area contributed by atoms with Crippen LogP contribution in [0.1, 0.15) is 35.8 Å². The number of hydrogen-bond acceptors (Lipinski definition) is 5. The van der Waals surface area contributed by atoms with Crippen molar-refractivity contribution in [2.75, 3.05) is 13.1 Å². The monoisotopic (exact) mass is 417 g/mol. The molecule has 0 spiro atoms. The summed E-state index contributed by atoms with van der Waals surface area (Å²) in [6.45, 7) is 5.73. The Morgan fingerprint density at radius 2 is 2.03 bits per heavy atom. The molecule has 1 saturated heterocycles. The van der Waals surface area contributed by atoms with Crippen LogP contribution in [-0.4, -0.2) is 37.5 Å². The molecule has 30 heavy (non-hydrogen) atoms. The fraction of sp³-hybridized carbons (Fsp3) is 0.381. The quantitative estimate of drug-likeness (QED) is 0.580. The van der Waals surface area contributed by atoms with E-state index in [0.29, 0.717) is 12.2 Å². The van der Waals surface area contributed by atoms with E-state index < -0.39 is 11.7 Å². The Morgan fingerprint density at radius 3 is 2.70 bits per heavy atom. The second kappa shape index (κ2) is 8.06. The molecular formula is C21H22F3N5O. The van der Waals surface area contributed by atoms with Gasteiger partial charge in [-0.15, -0.1) is 0 Å². The molecule has 4 rings (SSSR count). The molecule has 0 saturated carbocycles. The van der Waals surface area contributed by atoms with Crippen LogP contribution in [0.25, 0.3) is 11.2 Å². The molecule has 0 aromatic carbocycles. The molecule has 4 heterocycles. The number of ether oxygens (including phenoxy) is 1. The lowest BCUT2D eigenvalue weighted by Crippen LogP contribution is -2.33. The highest BCUT2D eigenvalue weighted by Crippen LogP contribution is 2.37. The summed E-state index contributed by atoms with van der Waals surface area (Å²) in [6, 6.07) is 4.88. The molecule has 0 unspecified atom stereocenters. The zero-order valence-electron chi connectivity index (χ0n) is 16.6. The number of aromatic nitrogens is 4. The molecule has 1 aliphatic heterocycles. The van der Waals surface area contributed by atoms with Crippen molar-refractivity contribution in [3.63, 3.8) is 0 Å². The third-order valence-corrected chi connectivity index (χ3v) is 5.51. The van der Waals surface area contributed by atoms with E-state index in [2.05, 4.69) is 26.4 Å². The van der Waals surface area contributed by atoms with Crippen molar-refractivity contribution in [1.82, 2.24) is 24.4 Å². The average molecular weight is 417 g/mol. The number of fused-ring (bicyclic) bond motifs is 1. The normalized spacial score (nSPS) is 16.1. The van der Waals surface area contributed by atoms with Crippen molar-refractivity contribution < 1.29 is 17.9 Å². The summed E-state index contributed by atoms with van der Waals surface area (Å²) >= 11 is 0. The van der Waals surface area contributed by atoms with Gasteiger partial charge in [0.2, 0.25) is 0 Å². The van der Waals surface area contributed by atoms with Crippen LogP contribution in [-0.2, 0) is 19.8 Å². The first-order valence-corrected chi connectivity index (χ1v) is 9.70. The van der Waals surface area contributed by atoms with Gasteiger partial charge in [-0.2, -0.15) is 13.2 Å². The van der Waals surface area contributed by atoms with Gasteiger partial charge < -0.3 is 9.30 Å². The van der Waals surface area contributed by atoms with Crippen LogP contribution in [0.3, 0.4) is 0 Å². The number of hydrogen-bond donors (Lipinski definition) is 0. The smallest absolute Gasteiger partial charge is 0.418 e. The van der Waals surface area contributed by atoms with E-state index >= 15 is 0 Å². The van der Waals surface area contributed by atoms with Gasteiger partial charge >= 0.3 is 6.18 Å². The number of aryl methyl sites for hydroxylation is 1. The van der Waals surface area contributed by atoms with Gasteiger partial charge in [-0.3, -0.25) is 9.88 Å². The molecular weight excluding hydrogens is 395 g/mol. The average Bonchev–Trinajstić information content (AvgIpc) is 3.04. The van der Waals surface area contributed by atoms with Crippen molar-refractivity contribution in [3.8, 4) is 5.75 Å². The third-order valence-electron chi connectivity index (χ3n) is 5.51. The minimum Gasteiger partial charge on any atom is -0.464 e. The van der Waals surface area contributed by atoms with Gasteiger partial charge in [-0.25, -0.2) is 9.97 Å². The molecule has 0 atom stereocenters. The first kappa shape index (κ1) is 20.3. The maximum Gasteiger partial charge on any atom is 0.418 e. The second-order valence-corrected chi connectivity index (χ2v) is 7.37. The Balaban J connectivity index is 1.46. The van der Waals surface area contributed by atoms with Gasteiger partial charge in [0, 0.05) is 25.4 Å². The highest BCUT2D eigenvalue weighted by atomic mass is 19.4. The maximum absolute atomic E-state index is 13.0. The van der Waals surface area contributed by atoms with Crippen LogP contribution in [0.2, 0.25) is 0 Å². The van der Waals surface area contributed by atoms with E-state index in [4.69, 9.17) is 4.74 Å². The Labute approximate surface area is 172 Å². The van der Waals surface area contributed by atoms with Crippen LogP contribution in [0.4, 0.5) is 13.2 Å². The summed E-state index contributed by atoms with van der Waals surface area (Å²) in [5.74, 6) is 1.09. The predicted octanol–water partition coefficient (Wildman–Crippen LogP) is 4.28. The van der Waals surface area contributed by atoms with Crippen LogP contribution < -0.4 is 4.74 Å². The van der Waals surface area contributed by atoms with Crippen LogP contribution in [0, 0.1) is 0 Å². The number of likely N-dealkylation sites (tertiary alicyclic amines) is 1. The summed E-state index contributed by atoms with van der Waals surface area (Å²) < 4.78 is 46.3. The molecule has 0 bridgehead atoms. The lowest BCUT2D eigenvalue weighted by atomic mass is 9.92. The summed E-state index contributed by atoms with van der Waals surface area (Å²) in [7, 11) is 1.98. The molecule has 9 heteroatoms. The standard InChI is InChI=1S/C21H22F3N5O/c1-3-30-17-11-15(21(22,23)24)12-26-19(17)14-6-9-29(10-7-14)13-18-27-20-16(28(18)2)5-4-8-25-20/h3-5,8,11-12,14H,1,6-7,9-10,13H2,2H3. The van der Waals surface area contributed by atoms with Gasteiger partial charge in [-0.05, 0) is 44.1 Å². The van der Waals surface area contributed by atoms with Crippen LogP contribution in [0.15, 0.2) is 43.4 Å². The van der Waals surface area contributed by atoms with E-state index in [0.717, 1.165) is 61.4 Å². The second-order valence-electron chi connectivity index (χ2n) is 7.37. The van der Waals surface area contributed by atoms with Crippen molar-refractivity contribution >= 4 is 11.2 Å². The van der Waals surface area contributed by atoms with Crippen LogP contribution >= 0.6 is 0 Å². The number of alkyl halides is 3. The molecule has 6 nitrogen and oxygen atoms in total. The van der Waals surface area contributed by atoms with Gasteiger partial charge in [-0.1, -0.05) is 6.58 Å². The fourth-order valence-corrected chi connectivity index (χ4v) is 3.88. The fourth-order valence-electron chi connectivity index (χ4n) is 3.88. The maximum atomic E-state index is 13.0. The van der Waals surface area contributed by atoms with E-state index in [9.17, 15) is 13.2 Å². The van der Waals surface area contributed by atoms with Gasteiger partial charge in [0.15, 0.2) is 5.65 Å². The van der Waals surface area contributed by atoms with Crippen LogP contribution in [0.5, 0.6) is 5.75 Å². The van der Waals surface area contributed by atoms with Crippen molar-refractivity contribution in [2.45, 2.75) is 31.5 Å². The highest BCUT2D eigenvalue weighted by Gasteiger charge is 2.33. The number of nitrogens with zero attached hydrogens (tertiary/aromatic N) is 5. The lowest BCUT2D eigenvalue weighted by molar-refractivity contribution is -0.137. The Morgan fingerprint density at radius 1 is 1.27 bits per heavy atom. The lowest BCUT2D eigenvalue weighted by Gasteiger charge is -2.32. The summed E-state index contributed by atoms with van der Waals surface area (Å²) in [5, 5.41) is 0. The topological polar surface area (TPSA) is 56.1 Å². The molecule has 3 aromatic heterocycles. The predicted molar refractivity (Wildman–Crippen MR) is 106 cm³/mol. The summed E-state index contributed by atoms with van der Waals surface area (Å²) in [5.41, 5.74) is 1.44.